The van der Waals surface area contributed by atoms with Crippen LogP contribution in [0.25, 0.3) is 0 Å². The zero-order chi connectivity index (χ0) is 11.6. The van der Waals surface area contributed by atoms with Gasteiger partial charge in [-0.05, 0) is 37.8 Å². The molecule has 3 N–H and O–H groups in total. The van der Waals surface area contributed by atoms with Crippen molar-refractivity contribution < 1.29 is 9.84 Å². The first kappa shape index (κ1) is 11.4. The molecule has 1 aliphatic rings. The standard InChI is InChI=1S/C12H18N2O2/c1-16-10-3-2-8-14-11(10)12(15)6-4-9(13)5-7-12/h2-3,8-9,15H,4-7,13H2,1H3. The molecular weight excluding hydrogens is 204 g/mol. The predicted molar refractivity (Wildman–Crippen MR) is 61.1 cm³/mol. The Kier molecular flexibility index (Phi) is 3.12. The number of methoxy groups -OCH3 is 1. The van der Waals surface area contributed by atoms with E-state index in [9.17, 15) is 5.11 Å². The number of aromatic nitrogens is 1. The minimum atomic E-state index is -0.873. The zero-order valence-electron chi connectivity index (χ0n) is 9.52. The lowest BCUT2D eigenvalue weighted by Crippen LogP contribution is -2.37. The second-order valence-corrected chi connectivity index (χ2v) is 4.42. The van der Waals surface area contributed by atoms with E-state index < -0.39 is 5.60 Å². The molecule has 0 radical (unpaired) electrons. The second-order valence-electron chi connectivity index (χ2n) is 4.42. The highest BCUT2D eigenvalue weighted by atomic mass is 16.5. The summed E-state index contributed by atoms with van der Waals surface area (Å²) in [5.41, 5.74) is 5.61. The van der Waals surface area contributed by atoms with Gasteiger partial charge in [-0.2, -0.15) is 0 Å². The first-order valence-electron chi connectivity index (χ1n) is 5.63. The Hall–Kier alpha value is -1.13. The van der Waals surface area contributed by atoms with Gasteiger partial charge in [0.25, 0.3) is 0 Å². The zero-order valence-corrected chi connectivity index (χ0v) is 9.52. The summed E-state index contributed by atoms with van der Waals surface area (Å²) in [6.45, 7) is 0. The molecular formula is C12H18N2O2. The molecule has 1 heterocycles. The van der Waals surface area contributed by atoms with Gasteiger partial charge in [-0.3, -0.25) is 4.98 Å². The van der Waals surface area contributed by atoms with E-state index in [0.717, 1.165) is 12.8 Å². The first-order chi connectivity index (χ1) is 7.65. The molecule has 1 fully saturated rings. The number of nitrogens with two attached hydrogens (primary N) is 1. The molecule has 0 atom stereocenters. The number of aliphatic hydroxyl groups is 1. The Labute approximate surface area is 95.4 Å². The van der Waals surface area contributed by atoms with Crippen LogP contribution >= 0.6 is 0 Å². The predicted octanol–water partition coefficient (Wildman–Crippen LogP) is 1.18. The van der Waals surface area contributed by atoms with Crippen LogP contribution in [0, 0.1) is 0 Å². The van der Waals surface area contributed by atoms with Crippen molar-refractivity contribution in [3.63, 3.8) is 0 Å². The number of hydrogen-bond acceptors (Lipinski definition) is 4. The fourth-order valence-electron chi connectivity index (χ4n) is 2.26. The summed E-state index contributed by atoms with van der Waals surface area (Å²) in [5.74, 6) is 0.653. The lowest BCUT2D eigenvalue weighted by atomic mass is 9.80. The van der Waals surface area contributed by atoms with Gasteiger partial charge in [-0.1, -0.05) is 0 Å². The lowest BCUT2D eigenvalue weighted by Gasteiger charge is -2.34. The number of pyridine rings is 1. The average molecular weight is 222 g/mol. The summed E-state index contributed by atoms with van der Waals surface area (Å²) in [7, 11) is 1.60. The van der Waals surface area contributed by atoms with Crippen molar-refractivity contribution in [2.45, 2.75) is 37.3 Å². The first-order valence-corrected chi connectivity index (χ1v) is 5.63. The topological polar surface area (TPSA) is 68.4 Å². The molecule has 1 saturated carbocycles. The number of nitrogens with zero attached hydrogens (tertiary/aromatic N) is 1. The van der Waals surface area contributed by atoms with Crippen LogP contribution in [0.1, 0.15) is 31.4 Å². The van der Waals surface area contributed by atoms with Crippen LogP contribution in [0.3, 0.4) is 0 Å². The third kappa shape index (κ3) is 2.03. The summed E-state index contributed by atoms with van der Waals surface area (Å²) in [4.78, 5) is 4.25. The van der Waals surface area contributed by atoms with E-state index >= 15 is 0 Å². The van der Waals surface area contributed by atoms with Crippen LogP contribution in [-0.4, -0.2) is 23.2 Å². The van der Waals surface area contributed by atoms with E-state index in [4.69, 9.17) is 10.5 Å². The van der Waals surface area contributed by atoms with Crippen molar-refractivity contribution in [3.8, 4) is 5.75 Å². The van der Waals surface area contributed by atoms with Gasteiger partial charge in [0.15, 0.2) is 0 Å². The van der Waals surface area contributed by atoms with E-state index in [1.807, 2.05) is 6.07 Å². The lowest BCUT2D eigenvalue weighted by molar-refractivity contribution is -0.0109. The van der Waals surface area contributed by atoms with Gasteiger partial charge in [0.1, 0.15) is 17.0 Å². The summed E-state index contributed by atoms with van der Waals surface area (Å²) in [6, 6.07) is 3.84. The van der Waals surface area contributed by atoms with Crippen molar-refractivity contribution in [1.82, 2.24) is 4.98 Å². The van der Waals surface area contributed by atoms with E-state index in [0.29, 0.717) is 24.3 Å². The normalized spacial score (nSPS) is 30.1. The molecule has 0 saturated heterocycles. The fourth-order valence-corrected chi connectivity index (χ4v) is 2.26. The highest BCUT2D eigenvalue weighted by Gasteiger charge is 2.37. The van der Waals surface area contributed by atoms with E-state index in [-0.39, 0.29) is 6.04 Å². The molecule has 2 rings (SSSR count). The highest BCUT2D eigenvalue weighted by molar-refractivity contribution is 5.32. The molecule has 4 nitrogen and oxygen atoms in total. The van der Waals surface area contributed by atoms with Gasteiger partial charge < -0.3 is 15.6 Å². The summed E-state index contributed by atoms with van der Waals surface area (Å²) < 4.78 is 5.24. The van der Waals surface area contributed by atoms with Gasteiger partial charge in [0.2, 0.25) is 0 Å². The van der Waals surface area contributed by atoms with E-state index in [2.05, 4.69) is 4.98 Å². The maximum absolute atomic E-state index is 10.6. The molecule has 88 valence electrons. The van der Waals surface area contributed by atoms with Crippen molar-refractivity contribution >= 4 is 0 Å². The van der Waals surface area contributed by atoms with Gasteiger partial charge in [-0.25, -0.2) is 0 Å². The van der Waals surface area contributed by atoms with Crippen LogP contribution in [0.5, 0.6) is 5.75 Å². The van der Waals surface area contributed by atoms with Gasteiger partial charge >= 0.3 is 0 Å². The molecule has 0 bridgehead atoms. The third-order valence-electron chi connectivity index (χ3n) is 3.29. The Morgan fingerprint density at radius 2 is 2.19 bits per heavy atom. The molecule has 16 heavy (non-hydrogen) atoms. The number of hydrogen-bond donors (Lipinski definition) is 2. The van der Waals surface area contributed by atoms with Gasteiger partial charge in [0, 0.05) is 12.2 Å². The third-order valence-corrected chi connectivity index (χ3v) is 3.29. The minimum Gasteiger partial charge on any atom is -0.495 e. The Morgan fingerprint density at radius 3 is 2.81 bits per heavy atom. The van der Waals surface area contributed by atoms with Crippen molar-refractivity contribution in [2.75, 3.05) is 7.11 Å². The molecule has 0 spiro atoms. The van der Waals surface area contributed by atoms with E-state index in [1.165, 1.54) is 0 Å². The van der Waals surface area contributed by atoms with Gasteiger partial charge in [0.05, 0.1) is 7.11 Å². The smallest absolute Gasteiger partial charge is 0.143 e. The van der Waals surface area contributed by atoms with Crippen LogP contribution in [0.4, 0.5) is 0 Å². The van der Waals surface area contributed by atoms with Gasteiger partial charge in [-0.15, -0.1) is 0 Å². The molecule has 1 aromatic rings. The Bertz CT molecular complexity index is 360. The molecule has 0 unspecified atom stereocenters. The maximum atomic E-state index is 10.6. The van der Waals surface area contributed by atoms with Crippen LogP contribution in [-0.2, 0) is 5.60 Å². The quantitative estimate of drug-likeness (QED) is 0.788. The van der Waals surface area contributed by atoms with Crippen molar-refractivity contribution in [2.24, 2.45) is 5.73 Å². The van der Waals surface area contributed by atoms with Crippen molar-refractivity contribution in [1.29, 1.82) is 0 Å². The molecule has 1 aromatic heterocycles. The molecule has 1 aliphatic carbocycles. The number of ether oxygens (including phenoxy) is 1. The van der Waals surface area contributed by atoms with Crippen LogP contribution in [0.2, 0.25) is 0 Å². The Balaban J connectivity index is 2.28. The largest absolute Gasteiger partial charge is 0.495 e. The van der Waals surface area contributed by atoms with E-state index in [1.54, 1.807) is 19.4 Å². The maximum Gasteiger partial charge on any atom is 0.143 e. The second kappa shape index (κ2) is 4.39. The van der Waals surface area contributed by atoms with Crippen molar-refractivity contribution in [3.05, 3.63) is 24.0 Å². The molecule has 4 heteroatoms. The summed E-state index contributed by atoms with van der Waals surface area (Å²) in [6.07, 6.45) is 4.65. The molecule has 0 aliphatic heterocycles. The van der Waals surface area contributed by atoms with Crippen LogP contribution in [0.15, 0.2) is 18.3 Å². The SMILES string of the molecule is COc1cccnc1C1(O)CCC(N)CC1. The highest BCUT2D eigenvalue weighted by Crippen LogP contribution is 2.39. The molecule has 0 amide bonds. The minimum absolute atomic E-state index is 0.204. The monoisotopic (exact) mass is 222 g/mol. The summed E-state index contributed by atoms with van der Waals surface area (Å²) >= 11 is 0. The fraction of sp³-hybridized carbons (Fsp3) is 0.583. The average Bonchev–Trinajstić information content (AvgIpc) is 2.33. The summed E-state index contributed by atoms with van der Waals surface area (Å²) in [5, 5.41) is 10.6. The molecule has 0 aromatic carbocycles. The Morgan fingerprint density at radius 1 is 1.50 bits per heavy atom. The number of rotatable bonds is 2. The van der Waals surface area contributed by atoms with Crippen LogP contribution < -0.4 is 10.5 Å².